The first kappa shape index (κ1) is 18.6. The first-order valence-corrected chi connectivity index (χ1v) is 7.76. The van der Waals surface area contributed by atoms with Crippen LogP contribution in [0.5, 0.6) is 0 Å². The van der Waals surface area contributed by atoms with Crippen molar-refractivity contribution in [1.82, 2.24) is 0 Å². The van der Waals surface area contributed by atoms with E-state index >= 15 is 0 Å². The van der Waals surface area contributed by atoms with Crippen LogP contribution in [0.1, 0.15) is 65.2 Å². The summed E-state index contributed by atoms with van der Waals surface area (Å²) < 4.78 is 82.2. The van der Waals surface area contributed by atoms with Crippen molar-refractivity contribution in [3.8, 4) is 0 Å². The molecule has 0 N–H and O–H groups in total. The van der Waals surface area contributed by atoms with E-state index in [2.05, 4.69) is 0 Å². The third kappa shape index (κ3) is 3.34. The molecule has 0 aromatic heterocycles. The molecule has 1 aliphatic carbocycles. The zero-order valence-electron chi connectivity index (χ0n) is 12.6. The Morgan fingerprint density at radius 2 is 1.33 bits per heavy atom. The van der Waals surface area contributed by atoms with Gasteiger partial charge in [0.25, 0.3) is 0 Å². The number of alkyl halides is 6. The van der Waals surface area contributed by atoms with Gasteiger partial charge in [0.1, 0.15) is 0 Å². The van der Waals surface area contributed by atoms with Gasteiger partial charge in [0, 0.05) is 0 Å². The lowest BCUT2D eigenvalue weighted by molar-refractivity contribution is -0.380. The highest BCUT2D eigenvalue weighted by atomic mass is 19.4. The maximum Gasteiger partial charge on any atom is 0.403 e. The smallest absolute Gasteiger partial charge is 0.170 e. The molecule has 126 valence electrons. The summed E-state index contributed by atoms with van der Waals surface area (Å²) in [6.07, 6.45) is -8.59. The lowest BCUT2D eigenvalue weighted by Crippen LogP contribution is -2.59. The van der Waals surface area contributed by atoms with Gasteiger partial charge in [0.15, 0.2) is 5.41 Å². The highest BCUT2D eigenvalue weighted by Gasteiger charge is 2.75. The lowest BCUT2D eigenvalue weighted by Gasteiger charge is -2.49. The molecule has 21 heavy (non-hydrogen) atoms. The second-order valence-electron chi connectivity index (χ2n) is 6.09. The van der Waals surface area contributed by atoms with Crippen LogP contribution in [0.3, 0.4) is 0 Å². The second kappa shape index (κ2) is 6.78. The Hall–Kier alpha value is -0.420. The third-order valence-electron chi connectivity index (χ3n) is 4.96. The van der Waals surface area contributed by atoms with Crippen LogP contribution in [-0.2, 0) is 0 Å². The Kier molecular flexibility index (Phi) is 6.01. The average Bonchev–Trinajstić information content (AvgIpc) is 2.36. The van der Waals surface area contributed by atoms with Crippen LogP contribution in [0.4, 0.5) is 26.3 Å². The summed E-state index contributed by atoms with van der Waals surface area (Å²) in [6, 6.07) is 0. The molecule has 0 aromatic rings. The summed E-state index contributed by atoms with van der Waals surface area (Å²) in [7, 11) is 0. The van der Waals surface area contributed by atoms with Crippen LogP contribution < -0.4 is 0 Å². The molecular formula is C15H24F6. The first-order valence-electron chi connectivity index (χ1n) is 7.76. The van der Waals surface area contributed by atoms with Crippen LogP contribution in [0.15, 0.2) is 0 Å². The maximum atomic E-state index is 13.7. The molecule has 0 aliphatic heterocycles. The summed E-state index contributed by atoms with van der Waals surface area (Å²) >= 11 is 0. The molecule has 1 fully saturated rings. The Balaban J connectivity index is 3.40. The van der Waals surface area contributed by atoms with Gasteiger partial charge in [-0.3, -0.25) is 0 Å². The lowest BCUT2D eigenvalue weighted by atomic mass is 9.59. The van der Waals surface area contributed by atoms with Crippen molar-refractivity contribution in [2.75, 3.05) is 0 Å². The van der Waals surface area contributed by atoms with Crippen molar-refractivity contribution in [3.63, 3.8) is 0 Å². The van der Waals surface area contributed by atoms with Crippen molar-refractivity contribution in [2.24, 2.45) is 17.3 Å². The fraction of sp³-hybridized carbons (Fsp3) is 1.00. The van der Waals surface area contributed by atoms with Crippen LogP contribution in [0.25, 0.3) is 0 Å². The third-order valence-corrected chi connectivity index (χ3v) is 4.96. The Morgan fingerprint density at radius 1 is 0.857 bits per heavy atom. The maximum absolute atomic E-state index is 13.7. The van der Waals surface area contributed by atoms with Crippen molar-refractivity contribution >= 4 is 0 Å². The molecule has 1 rings (SSSR count). The van der Waals surface area contributed by atoms with Gasteiger partial charge in [0.2, 0.25) is 0 Å². The quantitative estimate of drug-likeness (QED) is 0.507. The number of hydrogen-bond acceptors (Lipinski definition) is 0. The SMILES string of the molecule is CCCC(CC)C(C1CCCCC1)(C(F)(F)F)C(F)(F)F. The van der Waals surface area contributed by atoms with E-state index in [9.17, 15) is 26.3 Å². The van der Waals surface area contributed by atoms with Gasteiger partial charge >= 0.3 is 12.4 Å². The van der Waals surface area contributed by atoms with Crippen LogP contribution >= 0.6 is 0 Å². The molecule has 0 saturated heterocycles. The second-order valence-corrected chi connectivity index (χ2v) is 6.09. The molecule has 0 spiro atoms. The molecular weight excluding hydrogens is 294 g/mol. The van der Waals surface area contributed by atoms with Crippen molar-refractivity contribution < 1.29 is 26.3 Å². The molecule has 0 bridgehead atoms. The molecule has 0 amide bonds. The highest BCUT2D eigenvalue weighted by molar-refractivity contribution is 5.03. The summed E-state index contributed by atoms with van der Waals surface area (Å²) in [5.41, 5.74) is -3.54. The van der Waals surface area contributed by atoms with Gasteiger partial charge in [-0.2, -0.15) is 26.3 Å². The minimum Gasteiger partial charge on any atom is -0.170 e. The summed E-state index contributed by atoms with van der Waals surface area (Å²) in [5, 5.41) is 0. The summed E-state index contributed by atoms with van der Waals surface area (Å²) in [5.74, 6) is -2.71. The van der Waals surface area contributed by atoms with Crippen LogP contribution in [-0.4, -0.2) is 12.4 Å². The number of rotatable bonds is 5. The van der Waals surface area contributed by atoms with E-state index in [-0.39, 0.29) is 25.7 Å². The minimum absolute atomic E-state index is 0.0270. The molecule has 6 heteroatoms. The molecule has 0 radical (unpaired) electrons. The largest absolute Gasteiger partial charge is 0.403 e. The minimum atomic E-state index is -5.25. The van der Waals surface area contributed by atoms with E-state index in [4.69, 9.17) is 0 Å². The topological polar surface area (TPSA) is 0 Å². The molecule has 1 aliphatic rings. The molecule has 1 saturated carbocycles. The Morgan fingerprint density at radius 3 is 1.67 bits per heavy atom. The van der Waals surface area contributed by atoms with Gasteiger partial charge in [-0.15, -0.1) is 0 Å². The predicted octanol–water partition coefficient (Wildman–Crippen LogP) is 6.50. The predicted molar refractivity (Wildman–Crippen MR) is 69.8 cm³/mol. The van der Waals surface area contributed by atoms with Crippen LogP contribution in [0, 0.1) is 17.3 Å². The monoisotopic (exact) mass is 318 g/mol. The molecule has 1 unspecified atom stereocenters. The van der Waals surface area contributed by atoms with Crippen molar-refractivity contribution in [3.05, 3.63) is 0 Å². The van der Waals surface area contributed by atoms with Gasteiger partial charge in [-0.1, -0.05) is 46.0 Å². The zero-order valence-corrected chi connectivity index (χ0v) is 12.6. The van der Waals surface area contributed by atoms with E-state index in [0.717, 1.165) is 6.42 Å². The summed E-state index contributed by atoms with van der Waals surface area (Å²) in [6.45, 7) is 3.08. The average molecular weight is 318 g/mol. The zero-order chi connectivity index (χ0) is 16.3. The van der Waals surface area contributed by atoms with Gasteiger partial charge in [0.05, 0.1) is 0 Å². The van der Waals surface area contributed by atoms with Crippen LogP contribution in [0.2, 0.25) is 0 Å². The fourth-order valence-corrected chi connectivity index (χ4v) is 4.08. The molecule has 1 atom stereocenters. The Bertz CT molecular complexity index is 290. The van der Waals surface area contributed by atoms with Gasteiger partial charge < -0.3 is 0 Å². The highest BCUT2D eigenvalue weighted by Crippen LogP contribution is 2.63. The fourth-order valence-electron chi connectivity index (χ4n) is 4.08. The molecule has 0 heterocycles. The van der Waals surface area contributed by atoms with E-state index in [1.54, 1.807) is 6.92 Å². The van der Waals surface area contributed by atoms with E-state index < -0.39 is 29.6 Å². The van der Waals surface area contributed by atoms with Gasteiger partial charge in [-0.25, -0.2) is 0 Å². The standard InChI is InChI=1S/C15H24F6/c1-3-8-11(4-2)13(14(16,17)18,15(19,20)21)12-9-6-5-7-10-12/h11-12H,3-10H2,1-2H3. The molecule has 0 nitrogen and oxygen atoms in total. The first-order chi connectivity index (χ1) is 9.62. The number of hydrogen-bond donors (Lipinski definition) is 0. The summed E-state index contributed by atoms with van der Waals surface area (Å²) in [4.78, 5) is 0. The van der Waals surface area contributed by atoms with Crippen molar-refractivity contribution in [2.45, 2.75) is 77.6 Å². The van der Waals surface area contributed by atoms with E-state index in [1.807, 2.05) is 0 Å². The van der Waals surface area contributed by atoms with E-state index in [1.165, 1.54) is 6.92 Å². The molecule has 0 aromatic carbocycles. The normalized spacial score (nSPS) is 20.6. The van der Waals surface area contributed by atoms with E-state index in [0.29, 0.717) is 19.3 Å². The van der Waals surface area contributed by atoms with Gasteiger partial charge in [-0.05, 0) is 31.1 Å². The number of halogens is 6. The Labute approximate surface area is 122 Å². The van der Waals surface area contributed by atoms with Crippen molar-refractivity contribution in [1.29, 1.82) is 0 Å².